The summed E-state index contributed by atoms with van der Waals surface area (Å²) in [4.78, 5) is 2.05. The van der Waals surface area contributed by atoms with E-state index < -0.39 is 0 Å². The van der Waals surface area contributed by atoms with E-state index in [1.165, 1.54) is 6.07 Å². The van der Waals surface area contributed by atoms with Crippen LogP contribution in [0.25, 0.3) is 0 Å². The van der Waals surface area contributed by atoms with E-state index in [2.05, 4.69) is 4.90 Å². The van der Waals surface area contributed by atoms with Gasteiger partial charge in [0.2, 0.25) is 0 Å². The lowest BCUT2D eigenvalue weighted by atomic mass is 10.1. The van der Waals surface area contributed by atoms with Gasteiger partial charge in [-0.25, -0.2) is 4.39 Å². The van der Waals surface area contributed by atoms with E-state index >= 15 is 0 Å². The Hall–Kier alpha value is -1.58. The zero-order valence-electron chi connectivity index (χ0n) is 11.6. The lowest BCUT2D eigenvalue weighted by molar-refractivity contribution is 0.248. The SMILES string of the molecule is CC(c1ccccc1F)N(C)Cc1ccc(N)cc1Cl. The van der Waals surface area contributed by atoms with Crippen molar-refractivity contribution in [1.82, 2.24) is 4.90 Å². The van der Waals surface area contributed by atoms with E-state index in [1.54, 1.807) is 18.2 Å². The van der Waals surface area contributed by atoms with E-state index in [4.69, 9.17) is 17.3 Å². The second kappa shape index (κ2) is 6.25. The highest BCUT2D eigenvalue weighted by atomic mass is 35.5. The van der Waals surface area contributed by atoms with Gasteiger partial charge in [-0.2, -0.15) is 0 Å². The fraction of sp³-hybridized carbons (Fsp3) is 0.250. The van der Waals surface area contributed by atoms with Crippen molar-refractivity contribution in [3.05, 3.63) is 64.4 Å². The quantitative estimate of drug-likeness (QED) is 0.854. The highest BCUT2D eigenvalue weighted by molar-refractivity contribution is 6.31. The molecule has 4 heteroatoms. The number of halogens is 2. The summed E-state index contributed by atoms with van der Waals surface area (Å²) in [6.45, 7) is 2.61. The Balaban J connectivity index is 2.15. The van der Waals surface area contributed by atoms with E-state index in [0.29, 0.717) is 22.8 Å². The Morgan fingerprint density at radius 2 is 1.95 bits per heavy atom. The van der Waals surface area contributed by atoms with Crippen LogP contribution in [-0.2, 0) is 6.54 Å². The highest BCUT2D eigenvalue weighted by Gasteiger charge is 2.16. The summed E-state index contributed by atoms with van der Waals surface area (Å²) in [5.74, 6) is -0.185. The predicted octanol–water partition coefficient (Wildman–Crippen LogP) is 4.25. The second-order valence-electron chi connectivity index (χ2n) is 4.96. The highest BCUT2D eigenvalue weighted by Crippen LogP contribution is 2.26. The van der Waals surface area contributed by atoms with Crippen LogP contribution in [0.1, 0.15) is 24.1 Å². The van der Waals surface area contributed by atoms with Gasteiger partial charge in [-0.15, -0.1) is 0 Å². The average molecular weight is 293 g/mol. The molecule has 0 heterocycles. The van der Waals surface area contributed by atoms with Crippen molar-refractivity contribution >= 4 is 17.3 Å². The zero-order valence-corrected chi connectivity index (χ0v) is 12.4. The van der Waals surface area contributed by atoms with Crippen LogP contribution < -0.4 is 5.73 Å². The summed E-state index contributed by atoms with van der Waals surface area (Å²) in [5.41, 5.74) is 7.98. The number of benzene rings is 2. The fourth-order valence-electron chi connectivity index (χ4n) is 2.15. The molecule has 1 atom stereocenters. The van der Waals surface area contributed by atoms with E-state index in [1.807, 2.05) is 32.2 Å². The maximum Gasteiger partial charge on any atom is 0.127 e. The van der Waals surface area contributed by atoms with Crippen molar-refractivity contribution in [3.8, 4) is 0 Å². The van der Waals surface area contributed by atoms with E-state index in [-0.39, 0.29) is 11.9 Å². The van der Waals surface area contributed by atoms with Gasteiger partial charge < -0.3 is 5.73 Å². The number of rotatable bonds is 4. The van der Waals surface area contributed by atoms with Gasteiger partial charge in [-0.05, 0) is 37.7 Å². The molecule has 0 radical (unpaired) electrons. The summed E-state index contributed by atoms with van der Waals surface area (Å²) in [7, 11) is 1.95. The Bertz CT molecular complexity index is 601. The minimum atomic E-state index is -0.185. The smallest absolute Gasteiger partial charge is 0.127 e. The van der Waals surface area contributed by atoms with Crippen LogP contribution in [0.5, 0.6) is 0 Å². The van der Waals surface area contributed by atoms with Crippen LogP contribution in [0.15, 0.2) is 42.5 Å². The van der Waals surface area contributed by atoms with Gasteiger partial charge in [0.05, 0.1) is 0 Å². The van der Waals surface area contributed by atoms with Crippen molar-refractivity contribution in [2.45, 2.75) is 19.5 Å². The lowest BCUT2D eigenvalue weighted by Gasteiger charge is -2.26. The molecule has 0 aliphatic carbocycles. The van der Waals surface area contributed by atoms with Crippen LogP contribution in [0, 0.1) is 5.82 Å². The molecular weight excluding hydrogens is 275 g/mol. The Labute approximate surface area is 124 Å². The number of hydrogen-bond acceptors (Lipinski definition) is 2. The Morgan fingerprint density at radius 1 is 1.25 bits per heavy atom. The third-order valence-corrected chi connectivity index (χ3v) is 3.87. The second-order valence-corrected chi connectivity index (χ2v) is 5.37. The lowest BCUT2D eigenvalue weighted by Crippen LogP contribution is -2.22. The molecule has 2 nitrogen and oxygen atoms in total. The number of nitrogens with two attached hydrogens (primary N) is 1. The van der Waals surface area contributed by atoms with Gasteiger partial charge in [0.15, 0.2) is 0 Å². The van der Waals surface area contributed by atoms with Crippen molar-refractivity contribution in [3.63, 3.8) is 0 Å². The monoisotopic (exact) mass is 292 g/mol. The molecule has 0 spiro atoms. The first-order valence-corrected chi connectivity index (χ1v) is 6.85. The molecule has 0 aliphatic rings. The average Bonchev–Trinajstić information content (AvgIpc) is 2.41. The van der Waals surface area contributed by atoms with E-state index in [0.717, 1.165) is 5.56 Å². The molecule has 0 bridgehead atoms. The predicted molar refractivity (Wildman–Crippen MR) is 82.1 cm³/mol. The van der Waals surface area contributed by atoms with Crippen LogP contribution in [0.2, 0.25) is 5.02 Å². The van der Waals surface area contributed by atoms with Crippen molar-refractivity contribution < 1.29 is 4.39 Å². The molecule has 0 fully saturated rings. The molecule has 0 saturated carbocycles. The first kappa shape index (κ1) is 14.8. The summed E-state index contributed by atoms with van der Waals surface area (Å²) in [6, 6.07) is 12.3. The Morgan fingerprint density at radius 3 is 2.60 bits per heavy atom. The summed E-state index contributed by atoms with van der Waals surface area (Å²) in [5, 5.41) is 0.637. The zero-order chi connectivity index (χ0) is 14.7. The van der Waals surface area contributed by atoms with Crippen LogP contribution in [0.4, 0.5) is 10.1 Å². The molecule has 106 valence electrons. The molecule has 20 heavy (non-hydrogen) atoms. The standard InChI is InChI=1S/C16H18ClFN2/c1-11(14-5-3-4-6-16(14)18)20(2)10-12-7-8-13(19)9-15(12)17/h3-9,11H,10,19H2,1-2H3. The first-order valence-electron chi connectivity index (χ1n) is 6.47. The maximum atomic E-state index is 13.8. The van der Waals surface area contributed by atoms with Gasteiger partial charge in [-0.3, -0.25) is 4.90 Å². The van der Waals surface area contributed by atoms with Gasteiger partial charge in [0.1, 0.15) is 5.82 Å². The molecule has 2 rings (SSSR count). The Kier molecular flexibility index (Phi) is 4.63. The number of nitrogen functional groups attached to an aromatic ring is 1. The number of anilines is 1. The molecule has 2 N–H and O–H groups in total. The summed E-state index contributed by atoms with van der Waals surface area (Å²) >= 11 is 6.17. The topological polar surface area (TPSA) is 29.3 Å². The summed E-state index contributed by atoms with van der Waals surface area (Å²) < 4.78 is 13.8. The third-order valence-electron chi connectivity index (χ3n) is 3.51. The molecule has 0 saturated heterocycles. The normalized spacial score (nSPS) is 12.7. The van der Waals surface area contributed by atoms with Crippen molar-refractivity contribution in [2.75, 3.05) is 12.8 Å². The molecule has 2 aromatic carbocycles. The molecule has 2 aromatic rings. The maximum absolute atomic E-state index is 13.8. The molecule has 0 aliphatic heterocycles. The first-order chi connectivity index (χ1) is 9.49. The minimum absolute atomic E-state index is 0.0372. The third kappa shape index (κ3) is 3.30. The number of hydrogen-bond donors (Lipinski definition) is 1. The largest absolute Gasteiger partial charge is 0.399 e. The fourth-order valence-corrected chi connectivity index (χ4v) is 2.40. The van der Waals surface area contributed by atoms with E-state index in [9.17, 15) is 4.39 Å². The molecule has 0 aromatic heterocycles. The minimum Gasteiger partial charge on any atom is -0.399 e. The van der Waals surface area contributed by atoms with Crippen LogP contribution >= 0.6 is 11.6 Å². The van der Waals surface area contributed by atoms with Gasteiger partial charge in [0, 0.05) is 28.9 Å². The molecule has 0 amide bonds. The van der Waals surface area contributed by atoms with Gasteiger partial charge in [0.25, 0.3) is 0 Å². The summed E-state index contributed by atoms with van der Waals surface area (Å²) in [6.07, 6.45) is 0. The van der Waals surface area contributed by atoms with Crippen LogP contribution in [0.3, 0.4) is 0 Å². The van der Waals surface area contributed by atoms with Crippen LogP contribution in [-0.4, -0.2) is 11.9 Å². The van der Waals surface area contributed by atoms with Gasteiger partial charge in [-0.1, -0.05) is 35.9 Å². The molecular formula is C16H18ClFN2. The van der Waals surface area contributed by atoms with Crippen molar-refractivity contribution in [2.24, 2.45) is 0 Å². The van der Waals surface area contributed by atoms with Crippen molar-refractivity contribution in [1.29, 1.82) is 0 Å². The number of nitrogens with zero attached hydrogens (tertiary/aromatic N) is 1. The molecule has 1 unspecified atom stereocenters. The van der Waals surface area contributed by atoms with Gasteiger partial charge >= 0.3 is 0 Å².